The van der Waals surface area contributed by atoms with Gasteiger partial charge in [-0.3, -0.25) is 0 Å². The second-order valence-electron chi connectivity index (χ2n) is 0.811. The Morgan fingerprint density at radius 3 is 1.71 bits per heavy atom. The minimum absolute atomic E-state index is 0. The average Bonchev–Trinajstić information content (AvgIpc) is 1.72. The lowest BCUT2D eigenvalue weighted by molar-refractivity contribution is 2.12. The molecular formula is C3H4ClP3. The molecule has 0 amide bonds. The average molecular weight is 168 g/mol. The molecule has 1 heterocycles. The predicted octanol–water partition coefficient (Wildman–Crippen LogP) is 3.85. The first-order valence-corrected chi connectivity index (χ1v) is 5.82. The van der Waals surface area contributed by atoms with Gasteiger partial charge in [-0.1, -0.05) is 6.07 Å². The van der Waals surface area contributed by atoms with E-state index in [-0.39, 0.29) is 12.4 Å². The lowest BCUT2D eigenvalue weighted by Gasteiger charge is -1.67. The minimum Gasteiger partial charge on any atom is -0.147 e. The van der Waals surface area contributed by atoms with E-state index in [9.17, 15) is 0 Å². The molecule has 1 aromatic rings. The third-order valence-electron chi connectivity index (χ3n) is 0.409. The first-order valence-electron chi connectivity index (χ1n) is 1.58. The summed E-state index contributed by atoms with van der Waals surface area (Å²) < 4.78 is 0. The summed E-state index contributed by atoms with van der Waals surface area (Å²) in [5, 5.41) is 0. The van der Waals surface area contributed by atoms with Crippen LogP contribution in [0.1, 0.15) is 0 Å². The van der Waals surface area contributed by atoms with Gasteiger partial charge >= 0.3 is 0 Å². The van der Waals surface area contributed by atoms with E-state index >= 15 is 0 Å². The molecule has 0 nitrogen and oxygen atoms in total. The Balaban J connectivity index is 0.000000360. The third-order valence-corrected chi connectivity index (χ3v) is 4.50. The molecule has 0 saturated heterocycles. The molecule has 0 aliphatic heterocycles. The van der Waals surface area contributed by atoms with Gasteiger partial charge in [0.05, 0.1) is 0 Å². The summed E-state index contributed by atoms with van der Waals surface area (Å²) in [6, 6.07) is 2.11. The van der Waals surface area contributed by atoms with Crippen molar-refractivity contribution in [1.82, 2.24) is 0 Å². The first kappa shape index (κ1) is 7.80. The Kier molecular flexibility index (Phi) is 5.51. The van der Waals surface area contributed by atoms with Crippen LogP contribution in [0.15, 0.2) is 17.7 Å². The number of hydrogen-bond donors (Lipinski definition) is 0. The minimum atomic E-state index is 0. The summed E-state index contributed by atoms with van der Waals surface area (Å²) in [4.78, 5) is 0. The molecule has 0 aliphatic carbocycles. The zero-order valence-electron chi connectivity index (χ0n) is 3.48. The maximum Gasteiger partial charge on any atom is -0.0109 e. The molecule has 1 rings (SSSR count). The second-order valence-corrected chi connectivity index (χ2v) is 5.58. The molecular weight excluding hydrogens is 164 g/mol. The SMILES string of the molecule is Cl.c1cpppc1. The Labute approximate surface area is 53.9 Å². The van der Waals surface area contributed by atoms with E-state index in [0.717, 1.165) is 0 Å². The lowest BCUT2D eigenvalue weighted by Crippen LogP contribution is -1.24. The van der Waals surface area contributed by atoms with Gasteiger partial charge in [0.1, 0.15) is 0 Å². The molecule has 0 N–H and O–H groups in total. The number of hydrogen-bond acceptors (Lipinski definition) is 0. The highest BCUT2D eigenvalue weighted by atomic mass is 35.5. The summed E-state index contributed by atoms with van der Waals surface area (Å²) in [5.74, 6) is 4.33. The summed E-state index contributed by atoms with van der Waals surface area (Å²) in [6.07, 6.45) is 0. The largest absolute Gasteiger partial charge is 0.147 e. The van der Waals surface area contributed by atoms with Crippen molar-refractivity contribution in [2.75, 3.05) is 0 Å². The van der Waals surface area contributed by atoms with Gasteiger partial charge in [0.15, 0.2) is 0 Å². The molecule has 1 aromatic heterocycles. The van der Waals surface area contributed by atoms with Gasteiger partial charge in [0, 0.05) is 0 Å². The van der Waals surface area contributed by atoms with E-state index < -0.39 is 0 Å². The molecule has 0 radical (unpaired) electrons. The van der Waals surface area contributed by atoms with Crippen LogP contribution in [0, 0.1) is 0 Å². The van der Waals surface area contributed by atoms with Crippen molar-refractivity contribution in [2.24, 2.45) is 0 Å². The van der Waals surface area contributed by atoms with Gasteiger partial charge < -0.3 is 0 Å². The Hall–Kier alpha value is 0.800. The molecule has 0 saturated carbocycles. The van der Waals surface area contributed by atoms with E-state index in [1.54, 1.807) is 0 Å². The second kappa shape index (κ2) is 4.95. The lowest BCUT2D eigenvalue weighted by atomic mass is 10.8. The topological polar surface area (TPSA) is 0 Å². The fraction of sp³-hybridized carbons (Fsp3) is 0. The highest BCUT2D eigenvalue weighted by molar-refractivity contribution is 8.15. The van der Waals surface area contributed by atoms with Crippen LogP contribution in [0.25, 0.3) is 0 Å². The summed E-state index contributed by atoms with van der Waals surface area (Å²) in [6.45, 7) is 0. The van der Waals surface area contributed by atoms with E-state index in [0.29, 0.717) is 0 Å². The number of halogens is 1. The molecule has 0 spiro atoms. The van der Waals surface area contributed by atoms with E-state index in [4.69, 9.17) is 0 Å². The van der Waals surface area contributed by atoms with E-state index in [1.807, 2.05) is 0 Å². The molecule has 0 aromatic carbocycles. The standard InChI is InChI=1S/C3H3P3.ClH/c1-2-4-6-5-3-1;/h1-3H;1H. The smallest absolute Gasteiger partial charge is 0.0109 e. The summed E-state index contributed by atoms with van der Waals surface area (Å²) in [5.41, 5.74) is 0. The van der Waals surface area contributed by atoms with Crippen LogP contribution in [-0.4, -0.2) is 0 Å². The van der Waals surface area contributed by atoms with Crippen LogP contribution in [0.4, 0.5) is 0 Å². The predicted molar refractivity (Wildman–Crippen MR) is 41.2 cm³/mol. The Bertz CT molecular complexity index is 82.1. The van der Waals surface area contributed by atoms with Crippen molar-refractivity contribution in [3.63, 3.8) is 0 Å². The van der Waals surface area contributed by atoms with Crippen molar-refractivity contribution in [3.8, 4) is 0 Å². The third kappa shape index (κ3) is 3.39. The van der Waals surface area contributed by atoms with Gasteiger partial charge in [-0.25, -0.2) is 0 Å². The van der Waals surface area contributed by atoms with Crippen LogP contribution >= 0.6 is 35.7 Å². The fourth-order valence-corrected chi connectivity index (χ4v) is 3.45. The quantitative estimate of drug-likeness (QED) is 0.552. The van der Waals surface area contributed by atoms with Crippen molar-refractivity contribution < 1.29 is 0 Å². The van der Waals surface area contributed by atoms with Crippen LogP contribution in [0.5, 0.6) is 0 Å². The monoisotopic (exact) mass is 168 g/mol. The summed E-state index contributed by atoms with van der Waals surface area (Å²) in [7, 11) is 4.39. The number of rotatable bonds is 0. The molecule has 0 bridgehead atoms. The van der Waals surface area contributed by atoms with Gasteiger partial charge in [0.2, 0.25) is 0 Å². The molecule has 0 aliphatic rings. The Morgan fingerprint density at radius 1 is 1.00 bits per heavy atom. The van der Waals surface area contributed by atoms with Gasteiger partial charge in [0.25, 0.3) is 0 Å². The van der Waals surface area contributed by atoms with E-state index in [1.165, 1.54) is 23.3 Å². The van der Waals surface area contributed by atoms with Crippen molar-refractivity contribution in [3.05, 3.63) is 17.7 Å². The molecule has 0 unspecified atom stereocenters. The van der Waals surface area contributed by atoms with Crippen molar-refractivity contribution in [1.29, 1.82) is 0 Å². The molecule has 4 heteroatoms. The van der Waals surface area contributed by atoms with Crippen molar-refractivity contribution >= 4 is 35.7 Å². The molecule has 7 heavy (non-hydrogen) atoms. The Morgan fingerprint density at radius 2 is 1.57 bits per heavy atom. The van der Waals surface area contributed by atoms with Gasteiger partial charge in [-0.2, -0.15) is 0 Å². The maximum absolute atomic E-state index is 2.16. The highest BCUT2D eigenvalue weighted by Crippen LogP contribution is 2.27. The highest BCUT2D eigenvalue weighted by Gasteiger charge is 1.60. The van der Waals surface area contributed by atoms with Crippen LogP contribution in [0.2, 0.25) is 0 Å². The maximum atomic E-state index is 2.16. The first-order chi connectivity index (χ1) is 3.00. The van der Waals surface area contributed by atoms with E-state index in [2.05, 4.69) is 17.7 Å². The van der Waals surface area contributed by atoms with Gasteiger partial charge in [-0.05, 0) is 34.9 Å². The fourth-order valence-electron chi connectivity index (χ4n) is 0.205. The zero-order valence-corrected chi connectivity index (χ0v) is 6.98. The molecule has 38 valence electrons. The van der Waals surface area contributed by atoms with Crippen LogP contribution < -0.4 is 0 Å². The van der Waals surface area contributed by atoms with Gasteiger partial charge in [-0.15, -0.1) is 12.4 Å². The molecule has 0 atom stereocenters. The van der Waals surface area contributed by atoms with Crippen molar-refractivity contribution in [2.45, 2.75) is 0 Å². The molecule has 0 fully saturated rings. The normalized spacial score (nSPS) is 10.3. The summed E-state index contributed by atoms with van der Waals surface area (Å²) >= 11 is 0. The van der Waals surface area contributed by atoms with Crippen LogP contribution in [-0.2, 0) is 0 Å². The van der Waals surface area contributed by atoms with Crippen LogP contribution in [0.3, 0.4) is 0 Å². The zero-order chi connectivity index (χ0) is 4.24.